The Hall–Kier alpha value is -0.120. The quantitative estimate of drug-likeness (QED) is 0.861. The van der Waals surface area contributed by atoms with Crippen molar-refractivity contribution in [1.29, 1.82) is 0 Å². The molecule has 1 heterocycles. The molecule has 2 unspecified atom stereocenters. The molecule has 1 saturated heterocycles. The predicted molar refractivity (Wildman–Crippen MR) is 89.7 cm³/mol. The van der Waals surface area contributed by atoms with Crippen molar-refractivity contribution >= 4 is 0 Å². The first-order valence-electron chi connectivity index (χ1n) is 8.94. The second kappa shape index (κ2) is 7.43. The average Bonchev–Trinajstić information content (AvgIpc) is 2.64. The molecule has 1 aliphatic heterocycles. The van der Waals surface area contributed by atoms with E-state index in [1.54, 1.807) is 0 Å². The number of hydrogen-bond acceptors (Lipinski definition) is 3. The van der Waals surface area contributed by atoms with Crippen LogP contribution in [0.1, 0.15) is 59.8 Å². The lowest BCUT2D eigenvalue weighted by Gasteiger charge is -2.44. The van der Waals surface area contributed by atoms with Gasteiger partial charge in [-0.05, 0) is 51.4 Å². The first-order valence-corrected chi connectivity index (χ1v) is 8.94. The van der Waals surface area contributed by atoms with Gasteiger partial charge < -0.3 is 15.0 Å². The molecule has 0 aromatic carbocycles. The third-order valence-corrected chi connectivity index (χ3v) is 5.05. The first kappa shape index (κ1) is 17.2. The highest BCUT2D eigenvalue weighted by molar-refractivity contribution is 4.91. The summed E-state index contributed by atoms with van der Waals surface area (Å²) in [5.74, 6) is 0.878. The molecule has 1 N–H and O–H groups in total. The number of nitrogens with one attached hydrogen (secondary N) is 1. The molecule has 0 bridgehead atoms. The topological polar surface area (TPSA) is 24.5 Å². The molecule has 0 amide bonds. The number of hydrogen-bond donors (Lipinski definition) is 1. The van der Waals surface area contributed by atoms with Crippen LogP contribution in [0.2, 0.25) is 0 Å². The van der Waals surface area contributed by atoms with E-state index in [0.717, 1.165) is 32.2 Å². The first-order chi connectivity index (χ1) is 9.89. The minimum absolute atomic E-state index is 0.218. The normalized spacial score (nSPS) is 32.9. The number of nitrogens with zero attached hydrogens (tertiary/aromatic N) is 1. The van der Waals surface area contributed by atoms with Crippen LogP contribution in [0, 0.1) is 11.3 Å². The fourth-order valence-corrected chi connectivity index (χ4v) is 4.01. The second-order valence-corrected chi connectivity index (χ2v) is 8.55. The third-order valence-electron chi connectivity index (χ3n) is 5.05. The highest BCUT2D eigenvalue weighted by Gasteiger charge is 2.37. The van der Waals surface area contributed by atoms with Crippen molar-refractivity contribution in [1.82, 2.24) is 10.2 Å². The van der Waals surface area contributed by atoms with Crippen LogP contribution >= 0.6 is 0 Å². The molecule has 2 fully saturated rings. The summed E-state index contributed by atoms with van der Waals surface area (Å²) in [5.41, 5.74) is 0.685. The monoisotopic (exact) mass is 296 g/mol. The van der Waals surface area contributed by atoms with Gasteiger partial charge in [-0.3, -0.25) is 0 Å². The highest BCUT2D eigenvalue weighted by atomic mass is 16.5. The fourth-order valence-electron chi connectivity index (χ4n) is 4.01. The molecule has 3 nitrogen and oxygen atoms in total. The molecule has 0 radical (unpaired) electrons. The van der Waals surface area contributed by atoms with Crippen molar-refractivity contribution in [3.63, 3.8) is 0 Å². The van der Waals surface area contributed by atoms with Gasteiger partial charge in [0, 0.05) is 38.3 Å². The van der Waals surface area contributed by atoms with Crippen LogP contribution in [0.5, 0.6) is 0 Å². The maximum atomic E-state index is 5.62. The van der Waals surface area contributed by atoms with E-state index in [1.165, 1.54) is 45.2 Å². The minimum atomic E-state index is 0.218. The second-order valence-electron chi connectivity index (χ2n) is 8.55. The summed E-state index contributed by atoms with van der Waals surface area (Å²) in [7, 11) is 0. The van der Waals surface area contributed by atoms with Crippen molar-refractivity contribution in [3.05, 3.63) is 0 Å². The molecule has 2 aliphatic rings. The van der Waals surface area contributed by atoms with Crippen molar-refractivity contribution in [2.45, 2.75) is 65.3 Å². The summed E-state index contributed by atoms with van der Waals surface area (Å²) in [4.78, 5) is 2.66. The van der Waals surface area contributed by atoms with Gasteiger partial charge in [-0.15, -0.1) is 0 Å². The SMILES string of the molecule is CC1CCCC(CNC(C)(C)C)(CN2CCCOCC2)C1. The lowest BCUT2D eigenvalue weighted by Crippen LogP contribution is -2.51. The van der Waals surface area contributed by atoms with Gasteiger partial charge in [0.2, 0.25) is 0 Å². The summed E-state index contributed by atoms with van der Waals surface area (Å²) >= 11 is 0. The summed E-state index contributed by atoms with van der Waals surface area (Å²) in [6.07, 6.45) is 6.78. The molecule has 2 atom stereocenters. The molecule has 3 heteroatoms. The minimum Gasteiger partial charge on any atom is -0.380 e. The Bertz CT molecular complexity index is 305. The highest BCUT2D eigenvalue weighted by Crippen LogP contribution is 2.40. The number of rotatable bonds is 4. The fraction of sp³-hybridized carbons (Fsp3) is 1.00. The molecular formula is C18H36N2O. The molecule has 1 aliphatic carbocycles. The Kier molecular flexibility index (Phi) is 6.10. The zero-order valence-electron chi connectivity index (χ0n) is 14.7. The third kappa shape index (κ3) is 5.88. The summed E-state index contributed by atoms with van der Waals surface area (Å²) < 4.78 is 5.62. The number of ether oxygens (including phenoxy) is 1. The Balaban J connectivity index is 1.99. The zero-order chi connectivity index (χ0) is 15.3. The van der Waals surface area contributed by atoms with Gasteiger partial charge in [0.25, 0.3) is 0 Å². The zero-order valence-corrected chi connectivity index (χ0v) is 14.7. The van der Waals surface area contributed by atoms with Crippen LogP contribution in [0.15, 0.2) is 0 Å². The van der Waals surface area contributed by atoms with Crippen molar-refractivity contribution in [3.8, 4) is 0 Å². The van der Waals surface area contributed by atoms with Crippen molar-refractivity contribution in [2.24, 2.45) is 11.3 Å². The molecular weight excluding hydrogens is 260 g/mol. The van der Waals surface area contributed by atoms with Gasteiger partial charge in [-0.2, -0.15) is 0 Å². The average molecular weight is 296 g/mol. The molecule has 0 spiro atoms. The van der Waals surface area contributed by atoms with Crippen LogP contribution < -0.4 is 5.32 Å². The van der Waals surface area contributed by atoms with E-state index in [2.05, 4.69) is 37.9 Å². The Morgan fingerprint density at radius 1 is 1.19 bits per heavy atom. The predicted octanol–water partition coefficient (Wildman–Crippen LogP) is 3.29. The van der Waals surface area contributed by atoms with E-state index in [9.17, 15) is 0 Å². The molecule has 2 rings (SSSR count). The van der Waals surface area contributed by atoms with Gasteiger partial charge in [0.15, 0.2) is 0 Å². The van der Waals surface area contributed by atoms with Gasteiger partial charge in [0.1, 0.15) is 0 Å². The Labute approximate surface area is 131 Å². The molecule has 124 valence electrons. The molecule has 1 saturated carbocycles. The van der Waals surface area contributed by atoms with Gasteiger partial charge >= 0.3 is 0 Å². The lowest BCUT2D eigenvalue weighted by atomic mass is 9.69. The van der Waals surface area contributed by atoms with Crippen molar-refractivity contribution in [2.75, 3.05) is 39.4 Å². The van der Waals surface area contributed by atoms with E-state index < -0.39 is 0 Å². The van der Waals surface area contributed by atoms with Crippen LogP contribution in [0.4, 0.5) is 0 Å². The summed E-state index contributed by atoms with van der Waals surface area (Å²) in [6, 6.07) is 0. The lowest BCUT2D eigenvalue weighted by molar-refractivity contribution is 0.0700. The summed E-state index contributed by atoms with van der Waals surface area (Å²) in [5, 5.41) is 3.80. The van der Waals surface area contributed by atoms with Gasteiger partial charge in [0.05, 0.1) is 6.61 Å². The Morgan fingerprint density at radius 3 is 2.71 bits per heavy atom. The summed E-state index contributed by atoms with van der Waals surface area (Å²) in [6.45, 7) is 15.9. The van der Waals surface area contributed by atoms with Crippen LogP contribution in [0.25, 0.3) is 0 Å². The molecule has 0 aromatic rings. The van der Waals surface area contributed by atoms with E-state index >= 15 is 0 Å². The molecule has 0 aromatic heterocycles. The van der Waals surface area contributed by atoms with E-state index in [1.807, 2.05) is 0 Å². The van der Waals surface area contributed by atoms with Crippen LogP contribution in [0.3, 0.4) is 0 Å². The van der Waals surface area contributed by atoms with Crippen molar-refractivity contribution < 1.29 is 4.74 Å². The smallest absolute Gasteiger partial charge is 0.0593 e. The standard InChI is InChI=1S/C18H36N2O/c1-16-7-5-8-18(13-16,14-19-17(2,3)4)15-20-9-6-11-21-12-10-20/h16,19H,5-15H2,1-4H3. The Morgan fingerprint density at radius 2 is 2.00 bits per heavy atom. The largest absolute Gasteiger partial charge is 0.380 e. The van der Waals surface area contributed by atoms with E-state index in [4.69, 9.17) is 4.74 Å². The van der Waals surface area contributed by atoms with Gasteiger partial charge in [-0.25, -0.2) is 0 Å². The molecule has 21 heavy (non-hydrogen) atoms. The van der Waals surface area contributed by atoms with E-state index in [0.29, 0.717) is 5.41 Å². The van der Waals surface area contributed by atoms with Crippen LogP contribution in [-0.4, -0.2) is 49.8 Å². The maximum absolute atomic E-state index is 5.62. The van der Waals surface area contributed by atoms with E-state index in [-0.39, 0.29) is 5.54 Å². The van der Waals surface area contributed by atoms with Crippen LogP contribution in [-0.2, 0) is 4.74 Å². The van der Waals surface area contributed by atoms with Gasteiger partial charge in [-0.1, -0.05) is 19.8 Å². The maximum Gasteiger partial charge on any atom is 0.0593 e.